The molecule has 2 saturated carbocycles. The third-order valence-electron chi connectivity index (χ3n) is 12.2. The standard InChI is InChI=1S/C41H48F3N7O2/c1-23(2)50-22-45-32-19-30(46-35(34(32)50)47-31-18-27(24(3)16-29(31)42)36(52)48-41(12-13-41)37(43)44)25-10-11-28-33(17-25)51(38(53)39(28,4)5)40(6)20-26(21-40)49-14-8-7-9-15-49/h10-11,16-19,22-23,26,37H,7-9,12-15,20-21H2,1-6H3,(H,46,47)(H,48,52). The van der Waals surface area contributed by atoms with Gasteiger partial charge in [0.15, 0.2) is 5.82 Å². The number of anilines is 3. The van der Waals surface area contributed by atoms with Crippen molar-refractivity contribution in [3.63, 3.8) is 0 Å². The number of hydrogen-bond donors (Lipinski definition) is 2. The predicted molar refractivity (Wildman–Crippen MR) is 201 cm³/mol. The highest BCUT2D eigenvalue weighted by atomic mass is 19.3. The summed E-state index contributed by atoms with van der Waals surface area (Å²) in [4.78, 5) is 41.8. The molecule has 2 aromatic heterocycles. The van der Waals surface area contributed by atoms with E-state index in [1.54, 1.807) is 13.3 Å². The maximum absolute atomic E-state index is 15.7. The van der Waals surface area contributed by atoms with Gasteiger partial charge in [0.1, 0.15) is 16.9 Å². The fourth-order valence-corrected chi connectivity index (χ4v) is 8.78. The molecule has 2 amide bonds. The molecule has 0 unspecified atom stereocenters. The Morgan fingerprint density at radius 2 is 1.72 bits per heavy atom. The molecule has 280 valence electrons. The molecule has 4 heterocycles. The molecule has 0 atom stereocenters. The van der Waals surface area contributed by atoms with Crippen LogP contribution in [0.2, 0.25) is 0 Å². The Balaban J connectivity index is 1.16. The van der Waals surface area contributed by atoms with Crippen LogP contribution in [-0.4, -0.2) is 67.9 Å². The average Bonchev–Trinajstić information content (AvgIpc) is 3.70. The topological polar surface area (TPSA) is 95.4 Å². The summed E-state index contributed by atoms with van der Waals surface area (Å²) < 4.78 is 44.9. The van der Waals surface area contributed by atoms with Crippen molar-refractivity contribution in [3.8, 4) is 11.3 Å². The molecule has 53 heavy (non-hydrogen) atoms. The Labute approximate surface area is 308 Å². The number of nitrogens with one attached hydrogen (secondary N) is 2. The van der Waals surface area contributed by atoms with Gasteiger partial charge in [0, 0.05) is 34.4 Å². The van der Waals surface area contributed by atoms with Crippen molar-refractivity contribution in [3.05, 3.63) is 65.2 Å². The van der Waals surface area contributed by atoms with E-state index < -0.39 is 29.1 Å². The molecule has 4 aromatic rings. The van der Waals surface area contributed by atoms with Gasteiger partial charge in [0.2, 0.25) is 5.91 Å². The number of alkyl halides is 2. The number of nitrogens with zero attached hydrogens (tertiary/aromatic N) is 5. The van der Waals surface area contributed by atoms with E-state index in [4.69, 9.17) is 9.97 Å². The molecule has 2 aromatic carbocycles. The third kappa shape index (κ3) is 5.88. The molecule has 0 bridgehead atoms. The first-order valence-electron chi connectivity index (χ1n) is 18.9. The van der Waals surface area contributed by atoms with Crippen LogP contribution in [-0.2, 0) is 10.2 Å². The highest BCUT2D eigenvalue weighted by Gasteiger charge is 2.56. The molecule has 2 aliphatic carbocycles. The van der Waals surface area contributed by atoms with Gasteiger partial charge in [-0.2, -0.15) is 0 Å². The number of benzene rings is 2. The number of likely N-dealkylation sites (tertiary alicyclic amines) is 1. The van der Waals surface area contributed by atoms with Crippen LogP contribution in [0.4, 0.5) is 30.4 Å². The largest absolute Gasteiger partial charge is 0.341 e. The second kappa shape index (κ2) is 12.6. The van der Waals surface area contributed by atoms with Crippen LogP contribution in [0.1, 0.15) is 107 Å². The SMILES string of the molecule is Cc1cc(F)c(Nc2nc(-c3ccc4c(c3)N(C3(C)CC(N5CCCCC5)C3)C(=O)C4(C)C)cc3ncn(C(C)C)c23)cc1C(=O)NC1(C(F)F)CC1. The first kappa shape index (κ1) is 35.6. The van der Waals surface area contributed by atoms with Crippen LogP contribution in [0, 0.1) is 12.7 Å². The van der Waals surface area contributed by atoms with E-state index >= 15 is 4.39 Å². The van der Waals surface area contributed by atoms with E-state index in [1.165, 1.54) is 31.4 Å². The van der Waals surface area contributed by atoms with Crippen LogP contribution >= 0.6 is 0 Å². The normalized spacial score (nSPS) is 23.4. The number of aromatic nitrogens is 3. The maximum atomic E-state index is 15.7. The average molecular weight is 728 g/mol. The summed E-state index contributed by atoms with van der Waals surface area (Å²) >= 11 is 0. The minimum Gasteiger partial charge on any atom is -0.341 e. The number of halogens is 3. The number of fused-ring (bicyclic) bond motifs is 2. The van der Waals surface area contributed by atoms with E-state index in [2.05, 4.69) is 22.5 Å². The molecule has 1 saturated heterocycles. The highest BCUT2D eigenvalue weighted by molar-refractivity contribution is 6.09. The van der Waals surface area contributed by atoms with Gasteiger partial charge >= 0.3 is 0 Å². The molecule has 9 nitrogen and oxygen atoms in total. The van der Waals surface area contributed by atoms with Crippen molar-refractivity contribution in [1.82, 2.24) is 24.8 Å². The number of carbonyl (C=O) groups excluding carboxylic acids is 2. The minimum atomic E-state index is -2.69. The monoisotopic (exact) mass is 727 g/mol. The summed E-state index contributed by atoms with van der Waals surface area (Å²) in [6, 6.07) is 11.0. The van der Waals surface area contributed by atoms with Crippen molar-refractivity contribution in [2.24, 2.45) is 0 Å². The molecule has 3 fully saturated rings. The van der Waals surface area contributed by atoms with Crippen LogP contribution < -0.4 is 15.5 Å². The minimum absolute atomic E-state index is 0.000242. The number of rotatable bonds is 9. The molecule has 2 aliphatic heterocycles. The fourth-order valence-electron chi connectivity index (χ4n) is 8.78. The number of amides is 2. The Bertz CT molecular complexity index is 2130. The van der Waals surface area contributed by atoms with Gasteiger partial charge in [-0.3, -0.25) is 9.59 Å². The fraction of sp³-hybridized carbons (Fsp3) is 0.512. The summed E-state index contributed by atoms with van der Waals surface area (Å²) in [7, 11) is 0. The lowest BCUT2D eigenvalue weighted by Gasteiger charge is -2.55. The molecule has 8 rings (SSSR count). The van der Waals surface area contributed by atoms with Crippen LogP contribution in [0.25, 0.3) is 22.3 Å². The zero-order valence-corrected chi connectivity index (χ0v) is 31.3. The van der Waals surface area contributed by atoms with Crippen LogP contribution in [0.5, 0.6) is 0 Å². The van der Waals surface area contributed by atoms with Crippen molar-refractivity contribution in [1.29, 1.82) is 0 Å². The van der Waals surface area contributed by atoms with Gasteiger partial charge in [-0.25, -0.2) is 23.1 Å². The van der Waals surface area contributed by atoms with Crippen molar-refractivity contribution in [2.45, 2.75) is 121 Å². The quantitative estimate of drug-likeness (QED) is 0.180. The molecular weight excluding hydrogens is 679 g/mol. The molecule has 4 aliphatic rings. The Morgan fingerprint density at radius 1 is 1.00 bits per heavy atom. The van der Waals surface area contributed by atoms with E-state index in [0.717, 1.165) is 42.7 Å². The molecule has 2 N–H and O–H groups in total. The van der Waals surface area contributed by atoms with Crippen molar-refractivity contribution < 1.29 is 22.8 Å². The lowest BCUT2D eigenvalue weighted by atomic mass is 9.71. The van der Waals surface area contributed by atoms with Gasteiger partial charge in [-0.15, -0.1) is 0 Å². The van der Waals surface area contributed by atoms with Crippen molar-refractivity contribution in [2.75, 3.05) is 23.3 Å². The van der Waals surface area contributed by atoms with E-state index in [-0.39, 0.29) is 41.6 Å². The van der Waals surface area contributed by atoms with Gasteiger partial charge in [0.05, 0.1) is 28.6 Å². The highest BCUT2D eigenvalue weighted by Crippen LogP contribution is 2.52. The van der Waals surface area contributed by atoms with E-state index in [1.807, 2.05) is 61.4 Å². The number of aryl methyl sites for hydroxylation is 1. The molecule has 0 radical (unpaired) electrons. The predicted octanol–water partition coefficient (Wildman–Crippen LogP) is 8.43. The van der Waals surface area contributed by atoms with Gasteiger partial charge < -0.3 is 25.0 Å². The number of imidazole rings is 1. The lowest BCUT2D eigenvalue weighted by molar-refractivity contribution is -0.124. The molecule has 0 spiro atoms. The van der Waals surface area contributed by atoms with E-state index in [9.17, 15) is 18.4 Å². The third-order valence-corrected chi connectivity index (χ3v) is 12.2. The second-order valence-corrected chi connectivity index (χ2v) is 16.8. The smallest absolute Gasteiger partial charge is 0.261 e. The second-order valence-electron chi connectivity index (χ2n) is 16.8. The maximum Gasteiger partial charge on any atom is 0.261 e. The number of hydrogen-bond acceptors (Lipinski definition) is 6. The first-order valence-corrected chi connectivity index (χ1v) is 18.9. The van der Waals surface area contributed by atoms with Crippen molar-refractivity contribution >= 4 is 40.0 Å². The lowest BCUT2D eigenvalue weighted by Crippen LogP contribution is -2.64. The summed E-state index contributed by atoms with van der Waals surface area (Å²) in [5.74, 6) is -0.866. The first-order chi connectivity index (χ1) is 25.1. The Morgan fingerprint density at radius 3 is 2.38 bits per heavy atom. The zero-order valence-electron chi connectivity index (χ0n) is 31.3. The van der Waals surface area contributed by atoms with Crippen LogP contribution in [0.3, 0.4) is 0 Å². The zero-order chi connectivity index (χ0) is 37.6. The summed E-state index contributed by atoms with van der Waals surface area (Å²) in [6.45, 7) is 14.0. The summed E-state index contributed by atoms with van der Waals surface area (Å²) in [6.07, 6.45) is 5.01. The molecule has 12 heteroatoms. The Hall–Kier alpha value is -4.45. The number of carbonyl (C=O) groups is 2. The van der Waals surface area contributed by atoms with Gasteiger partial charge in [-0.05, 0) is 129 Å². The summed E-state index contributed by atoms with van der Waals surface area (Å²) in [5.41, 5.74) is 2.40. The van der Waals surface area contributed by atoms with Crippen LogP contribution in [0.15, 0.2) is 42.7 Å². The number of piperidine rings is 1. The number of pyridine rings is 1. The van der Waals surface area contributed by atoms with E-state index in [0.29, 0.717) is 34.2 Å². The Kier molecular flexibility index (Phi) is 8.43. The summed E-state index contributed by atoms with van der Waals surface area (Å²) in [5, 5.41) is 5.63. The van der Waals surface area contributed by atoms with Gasteiger partial charge in [0.25, 0.3) is 12.3 Å². The van der Waals surface area contributed by atoms with Gasteiger partial charge in [-0.1, -0.05) is 18.6 Å². The molecular formula is C41H48F3N7O2.